The van der Waals surface area contributed by atoms with Crippen LogP contribution in [-0.4, -0.2) is 17.9 Å². The first-order valence-corrected chi connectivity index (χ1v) is 5.99. The van der Waals surface area contributed by atoms with Crippen LogP contribution in [0.5, 0.6) is 5.75 Å². The van der Waals surface area contributed by atoms with Gasteiger partial charge in [-0.15, -0.1) is 0 Å². The number of aromatic nitrogens is 1. The van der Waals surface area contributed by atoms with Crippen molar-refractivity contribution in [2.45, 2.75) is 13.3 Å². The molecular formula is C15H14FNO2. The average molecular weight is 259 g/mol. The molecule has 0 saturated heterocycles. The summed E-state index contributed by atoms with van der Waals surface area (Å²) in [5, 5.41) is 0. The Kier molecular flexibility index (Phi) is 3.90. The first-order valence-electron chi connectivity index (χ1n) is 5.99. The molecule has 1 aromatic carbocycles. The predicted octanol–water partition coefficient (Wildman–Crippen LogP) is 3.02. The van der Waals surface area contributed by atoms with Gasteiger partial charge in [0.05, 0.1) is 12.7 Å². The van der Waals surface area contributed by atoms with Crippen LogP contribution in [0.4, 0.5) is 4.39 Å². The van der Waals surface area contributed by atoms with E-state index in [4.69, 9.17) is 4.74 Å². The number of ether oxygens (including phenoxy) is 1. The standard InChI is InChI=1S/C15H14FNO2/c1-3-10-5-4-8-17-14(10)15(18)12-9-11(16)6-7-13(12)19-2/h4-9H,3H2,1-2H3. The fourth-order valence-corrected chi connectivity index (χ4v) is 1.91. The van der Waals surface area contributed by atoms with Gasteiger partial charge in [0.15, 0.2) is 0 Å². The van der Waals surface area contributed by atoms with E-state index in [1.165, 1.54) is 25.3 Å². The van der Waals surface area contributed by atoms with Crippen molar-refractivity contribution in [3.8, 4) is 5.75 Å². The minimum atomic E-state index is -0.474. The van der Waals surface area contributed by atoms with E-state index in [2.05, 4.69) is 4.98 Å². The number of hydrogen-bond acceptors (Lipinski definition) is 3. The largest absolute Gasteiger partial charge is 0.496 e. The van der Waals surface area contributed by atoms with E-state index in [-0.39, 0.29) is 11.3 Å². The molecule has 0 amide bonds. The van der Waals surface area contributed by atoms with Crippen LogP contribution >= 0.6 is 0 Å². The molecule has 1 heterocycles. The third-order valence-corrected chi connectivity index (χ3v) is 2.89. The highest BCUT2D eigenvalue weighted by molar-refractivity contribution is 6.10. The molecule has 0 aliphatic rings. The molecule has 0 aliphatic heterocycles. The summed E-state index contributed by atoms with van der Waals surface area (Å²) >= 11 is 0. The summed E-state index contributed by atoms with van der Waals surface area (Å²) < 4.78 is 18.4. The van der Waals surface area contributed by atoms with Crippen LogP contribution in [0.3, 0.4) is 0 Å². The zero-order valence-electron chi connectivity index (χ0n) is 10.8. The molecule has 0 spiro atoms. The molecule has 0 saturated carbocycles. The first-order chi connectivity index (χ1) is 9.17. The van der Waals surface area contributed by atoms with Crippen molar-refractivity contribution >= 4 is 5.78 Å². The third-order valence-electron chi connectivity index (χ3n) is 2.89. The van der Waals surface area contributed by atoms with Crippen molar-refractivity contribution in [3.05, 3.63) is 59.2 Å². The number of aryl methyl sites for hydroxylation is 1. The number of halogens is 1. The van der Waals surface area contributed by atoms with Crippen molar-refractivity contribution in [3.63, 3.8) is 0 Å². The van der Waals surface area contributed by atoms with Gasteiger partial charge in [-0.1, -0.05) is 13.0 Å². The van der Waals surface area contributed by atoms with Crippen LogP contribution in [0.15, 0.2) is 36.5 Å². The van der Waals surface area contributed by atoms with Gasteiger partial charge in [0.25, 0.3) is 0 Å². The normalized spacial score (nSPS) is 10.3. The lowest BCUT2D eigenvalue weighted by atomic mass is 10.0. The highest BCUT2D eigenvalue weighted by atomic mass is 19.1. The predicted molar refractivity (Wildman–Crippen MR) is 70.0 cm³/mol. The number of carbonyl (C=O) groups excluding carboxylic acids is 1. The number of ketones is 1. The summed E-state index contributed by atoms with van der Waals surface area (Å²) in [4.78, 5) is 16.6. The summed E-state index contributed by atoms with van der Waals surface area (Å²) in [6.45, 7) is 1.94. The molecule has 0 atom stereocenters. The van der Waals surface area contributed by atoms with E-state index in [0.717, 1.165) is 5.56 Å². The lowest BCUT2D eigenvalue weighted by Gasteiger charge is -2.09. The molecule has 0 fully saturated rings. The van der Waals surface area contributed by atoms with Gasteiger partial charge in [-0.05, 0) is 36.2 Å². The molecule has 0 aliphatic carbocycles. The summed E-state index contributed by atoms with van der Waals surface area (Å²) in [7, 11) is 1.45. The Hall–Kier alpha value is -2.23. The molecule has 0 radical (unpaired) electrons. The third kappa shape index (κ3) is 2.62. The number of hydrogen-bond donors (Lipinski definition) is 0. The van der Waals surface area contributed by atoms with Gasteiger partial charge in [-0.3, -0.25) is 9.78 Å². The van der Waals surface area contributed by atoms with Crippen molar-refractivity contribution in [2.75, 3.05) is 7.11 Å². The maximum absolute atomic E-state index is 13.3. The monoisotopic (exact) mass is 259 g/mol. The van der Waals surface area contributed by atoms with Gasteiger partial charge in [0.2, 0.25) is 5.78 Å². The molecular weight excluding hydrogens is 245 g/mol. The van der Waals surface area contributed by atoms with Gasteiger partial charge in [-0.25, -0.2) is 4.39 Å². The number of benzene rings is 1. The molecule has 2 aromatic rings. The minimum Gasteiger partial charge on any atom is -0.496 e. The fourth-order valence-electron chi connectivity index (χ4n) is 1.91. The van der Waals surface area contributed by atoms with Crippen molar-refractivity contribution in [1.82, 2.24) is 4.98 Å². The zero-order valence-corrected chi connectivity index (χ0v) is 10.8. The van der Waals surface area contributed by atoms with E-state index in [1.807, 2.05) is 13.0 Å². The number of nitrogens with zero attached hydrogens (tertiary/aromatic N) is 1. The molecule has 4 heteroatoms. The SMILES string of the molecule is CCc1cccnc1C(=O)c1cc(F)ccc1OC. The Morgan fingerprint density at radius 2 is 2.16 bits per heavy atom. The number of methoxy groups -OCH3 is 1. The molecule has 1 aromatic heterocycles. The number of carbonyl (C=O) groups is 1. The van der Waals surface area contributed by atoms with Gasteiger partial charge in [-0.2, -0.15) is 0 Å². The molecule has 19 heavy (non-hydrogen) atoms. The molecule has 2 rings (SSSR count). The second-order valence-electron chi connectivity index (χ2n) is 4.04. The maximum Gasteiger partial charge on any atom is 0.215 e. The number of rotatable bonds is 4. The van der Waals surface area contributed by atoms with E-state index in [1.54, 1.807) is 12.3 Å². The molecule has 0 unspecified atom stereocenters. The molecule has 0 N–H and O–H groups in total. The Bertz CT molecular complexity index is 611. The van der Waals surface area contributed by atoms with Crippen LogP contribution in [0, 0.1) is 5.82 Å². The topological polar surface area (TPSA) is 39.2 Å². The summed E-state index contributed by atoms with van der Waals surface area (Å²) in [5.41, 5.74) is 1.36. The van der Waals surface area contributed by atoms with Crippen LogP contribution in [0.2, 0.25) is 0 Å². The van der Waals surface area contributed by atoms with Gasteiger partial charge in [0.1, 0.15) is 17.3 Å². The van der Waals surface area contributed by atoms with Gasteiger partial charge >= 0.3 is 0 Å². The Labute approximate surface area is 111 Å². The summed E-state index contributed by atoms with van der Waals surface area (Å²) in [6.07, 6.45) is 2.24. The van der Waals surface area contributed by atoms with Crippen LogP contribution < -0.4 is 4.74 Å². The lowest BCUT2D eigenvalue weighted by Crippen LogP contribution is -2.09. The molecule has 0 bridgehead atoms. The molecule has 3 nitrogen and oxygen atoms in total. The minimum absolute atomic E-state index is 0.191. The maximum atomic E-state index is 13.3. The average Bonchev–Trinajstić information content (AvgIpc) is 2.46. The number of pyridine rings is 1. The second kappa shape index (κ2) is 5.61. The van der Waals surface area contributed by atoms with E-state index in [0.29, 0.717) is 17.9 Å². The smallest absolute Gasteiger partial charge is 0.215 e. The fraction of sp³-hybridized carbons (Fsp3) is 0.200. The van der Waals surface area contributed by atoms with E-state index >= 15 is 0 Å². The Morgan fingerprint density at radius 3 is 2.84 bits per heavy atom. The van der Waals surface area contributed by atoms with E-state index < -0.39 is 5.82 Å². The van der Waals surface area contributed by atoms with Crippen LogP contribution in [0.25, 0.3) is 0 Å². The highest BCUT2D eigenvalue weighted by Crippen LogP contribution is 2.23. The summed E-state index contributed by atoms with van der Waals surface area (Å²) in [5.74, 6) is -0.453. The molecule has 98 valence electrons. The quantitative estimate of drug-likeness (QED) is 0.792. The highest BCUT2D eigenvalue weighted by Gasteiger charge is 2.18. The first kappa shape index (κ1) is 13.2. The van der Waals surface area contributed by atoms with Crippen molar-refractivity contribution in [1.29, 1.82) is 0 Å². The van der Waals surface area contributed by atoms with Crippen LogP contribution in [0.1, 0.15) is 28.5 Å². The van der Waals surface area contributed by atoms with Crippen LogP contribution in [-0.2, 0) is 6.42 Å². The second-order valence-corrected chi connectivity index (χ2v) is 4.04. The Morgan fingerprint density at radius 1 is 1.37 bits per heavy atom. The Balaban J connectivity index is 2.52. The van der Waals surface area contributed by atoms with Gasteiger partial charge < -0.3 is 4.74 Å². The van der Waals surface area contributed by atoms with Gasteiger partial charge in [0, 0.05) is 6.20 Å². The summed E-state index contributed by atoms with van der Waals surface area (Å²) in [6, 6.07) is 7.49. The van der Waals surface area contributed by atoms with Crippen molar-refractivity contribution < 1.29 is 13.9 Å². The van der Waals surface area contributed by atoms with Crippen molar-refractivity contribution in [2.24, 2.45) is 0 Å². The lowest BCUT2D eigenvalue weighted by molar-refractivity contribution is 0.103. The zero-order chi connectivity index (χ0) is 13.8. The van der Waals surface area contributed by atoms with E-state index in [9.17, 15) is 9.18 Å².